The second-order valence-corrected chi connectivity index (χ2v) is 4.86. The van der Waals surface area contributed by atoms with Gasteiger partial charge in [0.15, 0.2) is 0 Å². The quantitative estimate of drug-likeness (QED) is 0.813. The van der Waals surface area contributed by atoms with Crippen molar-refractivity contribution in [2.45, 2.75) is 33.4 Å². The van der Waals surface area contributed by atoms with Crippen molar-refractivity contribution in [2.24, 2.45) is 5.92 Å². The minimum Gasteiger partial charge on any atom is -0.464 e. The summed E-state index contributed by atoms with van der Waals surface area (Å²) in [5.41, 5.74) is 0.920. The molecule has 5 heteroatoms. The maximum Gasteiger partial charge on any atom is 0.407 e. The zero-order valence-corrected chi connectivity index (χ0v) is 12.1. The fourth-order valence-electron chi connectivity index (χ4n) is 1.52. The lowest BCUT2D eigenvalue weighted by molar-refractivity contribution is -0.142. The third kappa shape index (κ3) is 6.22. The predicted octanol–water partition coefficient (Wildman–Crippen LogP) is 2.50. The predicted molar refractivity (Wildman–Crippen MR) is 75.0 cm³/mol. The van der Waals surface area contributed by atoms with Crippen LogP contribution in [0.2, 0.25) is 0 Å². The van der Waals surface area contributed by atoms with Gasteiger partial charge in [-0.05, 0) is 11.5 Å². The number of nitrogens with one attached hydrogen (secondary N) is 1. The standard InChI is InChI=1S/C15H21NO4/c1-11(2)14(10-19-12(3)17)16-15(18)20-9-13-7-5-4-6-8-13/h4-8,11,14H,9-10H2,1-3H3,(H,16,18)/t14-/m1/s1. The van der Waals surface area contributed by atoms with Crippen molar-refractivity contribution in [1.82, 2.24) is 5.32 Å². The molecule has 20 heavy (non-hydrogen) atoms. The van der Waals surface area contributed by atoms with Crippen LogP contribution in [0.15, 0.2) is 30.3 Å². The molecule has 0 unspecified atom stereocenters. The third-order valence-corrected chi connectivity index (χ3v) is 2.79. The van der Waals surface area contributed by atoms with E-state index < -0.39 is 6.09 Å². The second-order valence-electron chi connectivity index (χ2n) is 4.86. The molecule has 1 N–H and O–H groups in total. The van der Waals surface area contributed by atoms with Crippen LogP contribution in [0.1, 0.15) is 26.3 Å². The Morgan fingerprint density at radius 3 is 2.35 bits per heavy atom. The van der Waals surface area contributed by atoms with E-state index in [2.05, 4.69) is 5.32 Å². The summed E-state index contributed by atoms with van der Waals surface area (Å²) in [6.45, 7) is 5.57. The molecule has 110 valence electrons. The molecule has 0 aromatic heterocycles. The van der Waals surface area contributed by atoms with Gasteiger partial charge in [0.2, 0.25) is 0 Å². The van der Waals surface area contributed by atoms with Crippen molar-refractivity contribution in [3.63, 3.8) is 0 Å². The SMILES string of the molecule is CC(=O)OC[C@@H](NC(=O)OCc1ccccc1)C(C)C. The van der Waals surface area contributed by atoms with E-state index in [1.807, 2.05) is 44.2 Å². The summed E-state index contributed by atoms with van der Waals surface area (Å²) in [7, 11) is 0. The van der Waals surface area contributed by atoms with Gasteiger partial charge < -0.3 is 14.8 Å². The van der Waals surface area contributed by atoms with Crippen LogP contribution in [-0.4, -0.2) is 24.7 Å². The molecule has 0 heterocycles. The topological polar surface area (TPSA) is 64.6 Å². The number of alkyl carbamates (subject to hydrolysis) is 1. The summed E-state index contributed by atoms with van der Waals surface area (Å²) in [5.74, 6) is -0.228. The van der Waals surface area contributed by atoms with Gasteiger partial charge in [-0.15, -0.1) is 0 Å². The van der Waals surface area contributed by atoms with E-state index in [1.54, 1.807) is 0 Å². The van der Waals surface area contributed by atoms with Crippen LogP contribution >= 0.6 is 0 Å². The summed E-state index contributed by atoms with van der Waals surface area (Å²) in [5, 5.41) is 2.70. The van der Waals surface area contributed by atoms with Crippen molar-refractivity contribution in [2.75, 3.05) is 6.61 Å². The van der Waals surface area contributed by atoms with Crippen LogP contribution in [0.4, 0.5) is 4.79 Å². The fraction of sp³-hybridized carbons (Fsp3) is 0.467. The highest BCUT2D eigenvalue weighted by atomic mass is 16.6. The van der Waals surface area contributed by atoms with E-state index >= 15 is 0 Å². The third-order valence-electron chi connectivity index (χ3n) is 2.79. The summed E-state index contributed by atoms with van der Waals surface area (Å²) in [4.78, 5) is 22.5. The van der Waals surface area contributed by atoms with Gasteiger partial charge in [0.05, 0.1) is 6.04 Å². The first-order valence-electron chi connectivity index (χ1n) is 6.59. The smallest absolute Gasteiger partial charge is 0.407 e. The zero-order valence-electron chi connectivity index (χ0n) is 12.1. The van der Waals surface area contributed by atoms with Gasteiger partial charge in [-0.2, -0.15) is 0 Å². The number of esters is 1. The van der Waals surface area contributed by atoms with E-state index in [0.717, 1.165) is 5.56 Å². The van der Waals surface area contributed by atoms with Gasteiger partial charge in [-0.25, -0.2) is 4.79 Å². The van der Waals surface area contributed by atoms with E-state index in [1.165, 1.54) is 6.92 Å². The molecule has 0 spiro atoms. The molecule has 0 radical (unpaired) electrons. The molecule has 0 bridgehead atoms. The van der Waals surface area contributed by atoms with Gasteiger partial charge in [-0.1, -0.05) is 44.2 Å². The number of hydrogen-bond donors (Lipinski definition) is 1. The molecule has 1 aromatic carbocycles. The number of hydrogen-bond acceptors (Lipinski definition) is 4. The highest BCUT2D eigenvalue weighted by Crippen LogP contribution is 2.05. The highest BCUT2D eigenvalue weighted by molar-refractivity contribution is 5.68. The van der Waals surface area contributed by atoms with E-state index in [-0.39, 0.29) is 31.1 Å². The number of benzene rings is 1. The monoisotopic (exact) mass is 279 g/mol. The first kappa shape index (κ1) is 16.0. The lowest BCUT2D eigenvalue weighted by Gasteiger charge is -2.21. The van der Waals surface area contributed by atoms with Gasteiger partial charge >= 0.3 is 12.1 Å². The second kappa shape index (κ2) is 8.19. The molecule has 1 aromatic rings. The number of carbonyl (C=O) groups is 2. The first-order chi connectivity index (χ1) is 9.49. The van der Waals surface area contributed by atoms with Crippen LogP contribution in [0.5, 0.6) is 0 Å². The van der Waals surface area contributed by atoms with E-state index in [4.69, 9.17) is 9.47 Å². The Bertz CT molecular complexity index is 431. The Kier molecular flexibility index (Phi) is 6.56. The van der Waals surface area contributed by atoms with E-state index in [0.29, 0.717) is 0 Å². The lowest BCUT2D eigenvalue weighted by Crippen LogP contribution is -2.42. The van der Waals surface area contributed by atoms with Crippen LogP contribution in [0, 0.1) is 5.92 Å². The molecular formula is C15H21NO4. The Hall–Kier alpha value is -2.04. The largest absolute Gasteiger partial charge is 0.464 e. The maximum absolute atomic E-state index is 11.7. The molecule has 0 aliphatic heterocycles. The lowest BCUT2D eigenvalue weighted by atomic mass is 10.1. The number of carbonyl (C=O) groups excluding carboxylic acids is 2. The highest BCUT2D eigenvalue weighted by Gasteiger charge is 2.18. The molecule has 1 rings (SSSR count). The maximum atomic E-state index is 11.7. The molecule has 1 amide bonds. The Morgan fingerprint density at radius 1 is 1.15 bits per heavy atom. The minimum atomic E-state index is -0.514. The summed E-state index contributed by atoms with van der Waals surface area (Å²) < 4.78 is 10.0. The number of ether oxygens (including phenoxy) is 2. The molecular weight excluding hydrogens is 258 g/mol. The van der Waals surface area contributed by atoms with Crippen LogP contribution in [-0.2, 0) is 20.9 Å². The zero-order chi connectivity index (χ0) is 15.0. The Balaban J connectivity index is 2.39. The number of amides is 1. The Labute approximate surface area is 119 Å². The van der Waals surface area contributed by atoms with Gasteiger partial charge in [0.1, 0.15) is 13.2 Å². The average molecular weight is 279 g/mol. The molecule has 0 aliphatic carbocycles. The van der Waals surface area contributed by atoms with Crippen LogP contribution < -0.4 is 5.32 Å². The van der Waals surface area contributed by atoms with Crippen LogP contribution in [0.25, 0.3) is 0 Å². The van der Waals surface area contributed by atoms with Gasteiger partial charge in [-0.3, -0.25) is 4.79 Å². The normalized spacial score (nSPS) is 11.8. The molecule has 0 fully saturated rings. The molecule has 5 nitrogen and oxygen atoms in total. The summed E-state index contributed by atoms with van der Waals surface area (Å²) >= 11 is 0. The van der Waals surface area contributed by atoms with Crippen molar-refractivity contribution in [3.05, 3.63) is 35.9 Å². The molecule has 0 aliphatic rings. The molecule has 0 saturated carbocycles. The number of rotatable bonds is 6. The van der Waals surface area contributed by atoms with Gasteiger partial charge in [0.25, 0.3) is 0 Å². The van der Waals surface area contributed by atoms with Crippen molar-refractivity contribution >= 4 is 12.1 Å². The van der Waals surface area contributed by atoms with E-state index in [9.17, 15) is 9.59 Å². The Morgan fingerprint density at radius 2 is 1.80 bits per heavy atom. The summed E-state index contributed by atoms with van der Waals surface area (Å²) in [6.07, 6.45) is -0.514. The fourth-order valence-corrected chi connectivity index (χ4v) is 1.52. The van der Waals surface area contributed by atoms with Crippen molar-refractivity contribution < 1.29 is 19.1 Å². The molecule has 0 saturated heterocycles. The van der Waals surface area contributed by atoms with Gasteiger partial charge in [0, 0.05) is 6.92 Å². The minimum absolute atomic E-state index is 0.138. The molecule has 1 atom stereocenters. The van der Waals surface area contributed by atoms with Crippen LogP contribution in [0.3, 0.4) is 0 Å². The average Bonchev–Trinajstić information content (AvgIpc) is 2.41. The van der Waals surface area contributed by atoms with Crippen molar-refractivity contribution in [1.29, 1.82) is 0 Å². The first-order valence-corrected chi connectivity index (χ1v) is 6.59. The van der Waals surface area contributed by atoms with Crippen molar-refractivity contribution in [3.8, 4) is 0 Å². The summed E-state index contributed by atoms with van der Waals surface area (Å²) in [6, 6.07) is 9.17.